The maximum Gasteiger partial charge on any atom is 0.336 e. The van der Waals surface area contributed by atoms with Crippen molar-refractivity contribution in [3.05, 3.63) is 133 Å². The van der Waals surface area contributed by atoms with Gasteiger partial charge in [0.2, 0.25) is 0 Å². The number of benzene rings is 9. The third kappa shape index (κ3) is 2.99. The number of rotatable bonds is 3. The third-order valence-electron chi connectivity index (χ3n) is 8.91. The Labute approximate surface area is 235 Å². The Bertz CT molecular complexity index is 2470. The largest absolute Gasteiger partial charge is 0.478 e. The predicted octanol–water partition coefficient (Wildman–Crippen LogP) is 10.5. The zero-order chi connectivity index (χ0) is 27.2. The Morgan fingerprint density at radius 3 is 1.34 bits per heavy atom. The minimum atomic E-state index is -0.926. The second-order valence-electron chi connectivity index (χ2n) is 11.0. The van der Waals surface area contributed by atoms with E-state index < -0.39 is 5.97 Å². The van der Waals surface area contributed by atoms with Gasteiger partial charge in [0, 0.05) is 5.56 Å². The fourth-order valence-electron chi connectivity index (χ4n) is 7.17. The highest BCUT2D eigenvalue weighted by atomic mass is 16.4. The van der Waals surface area contributed by atoms with E-state index in [0.717, 1.165) is 38.4 Å². The normalized spacial score (nSPS) is 12.1. The standard InChI is InChI=1S/C39H22O2/c40-39(41)33-9-3-8-29(28-18-14-26-12-10-22-4-1-6-24-15-19-30(28)36(26)34(22)24)38(33)32-21-17-27-13-11-23-5-2-7-25-16-20-31(32)37(27)35(23)25/h1-21H,(H,40,41). The van der Waals surface area contributed by atoms with Crippen molar-refractivity contribution in [2.24, 2.45) is 0 Å². The molecule has 2 nitrogen and oxygen atoms in total. The minimum absolute atomic E-state index is 0.309. The molecule has 1 N–H and O–H groups in total. The lowest BCUT2D eigenvalue weighted by Gasteiger charge is -2.20. The average Bonchev–Trinajstić information content (AvgIpc) is 3.02. The summed E-state index contributed by atoms with van der Waals surface area (Å²) in [6.45, 7) is 0. The highest BCUT2D eigenvalue weighted by molar-refractivity contribution is 6.28. The van der Waals surface area contributed by atoms with Crippen LogP contribution in [0.5, 0.6) is 0 Å². The van der Waals surface area contributed by atoms with Crippen LogP contribution in [0.25, 0.3) is 86.9 Å². The van der Waals surface area contributed by atoms with Crippen molar-refractivity contribution >= 4 is 70.6 Å². The van der Waals surface area contributed by atoms with Crippen LogP contribution in [0.1, 0.15) is 10.4 Å². The van der Waals surface area contributed by atoms with Gasteiger partial charge in [-0.15, -0.1) is 0 Å². The van der Waals surface area contributed by atoms with E-state index in [1.807, 2.05) is 6.07 Å². The fraction of sp³-hybridized carbons (Fsp3) is 0. The molecule has 9 rings (SSSR count). The molecule has 0 unspecified atom stereocenters. The van der Waals surface area contributed by atoms with Crippen molar-refractivity contribution in [3.63, 3.8) is 0 Å². The highest BCUT2D eigenvalue weighted by Crippen LogP contribution is 2.46. The predicted molar refractivity (Wildman–Crippen MR) is 172 cm³/mol. The molecule has 0 aliphatic rings. The zero-order valence-corrected chi connectivity index (χ0v) is 22.0. The van der Waals surface area contributed by atoms with Gasteiger partial charge in [0.15, 0.2) is 0 Å². The molecule has 190 valence electrons. The Morgan fingerprint density at radius 2 is 0.805 bits per heavy atom. The summed E-state index contributed by atoms with van der Waals surface area (Å²) in [5.41, 5.74) is 3.98. The molecular formula is C39H22O2. The van der Waals surface area contributed by atoms with Crippen molar-refractivity contribution in [1.82, 2.24) is 0 Å². The van der Waals surface area contributed by atoms with Gasteiger partial charge in [-0.2, -0.15) is 0 Å². The molecule has 0 saturated heterocycles. The molecule has 9 aromatic carbocycles. The first-order valence-electron chi connectivity index (χ1n) is 13.9. The lowest BCUT2D eigenvalue weighted by molar-refractivity contribution is 0.0698. The molecule has 9 aromatic rings. The van der Waals surface area contributed by atoms with Crippen molar-refractivity contribution in [1.29, 1.82) is 0 Å². The number of hydrogen-bond donors (Lipinski definition) is 1. The summed E-state index contributed by atoms with van der Waals surface area (Å²) < 4.78 is 0. The first-order chi connectivity index (χ1) is 20.2. The van der Waals surface area contributed by atoms with E-state index in [0.29, 0.717) is 5.56 Å². The van der Waals surface area contributed by atoms with Gasteiger partial charge in [0.25, 0.3) is 0 Å². The molecule has 41 heavy (non-hydrogen) atoms. The van der Waals surface area contributed by atoms with Crippen LogP contribution in [0, 0.1) is 0 Å². The zero-order valence-electron chi connectivity index (χ0n) is 22.0. The second-order valence-corrected chi connectivity index (χ2v) is 11.0. The molecular weight excluding hydrogens is 500 g/mol. The summed E-state index contributed by atoms with van der Waals surface area (Å²) in [6, 6.07) is 44.5. The monoisotopic (exact) mass is 522 g/mol. The van der Waals surface area contributed by atoms with Crippen LogP contribution in [0.2, 0.25) is 0 Å². The number of carboxylic acid groups (broad SMARTS) is 1. The summed E-state index contributed by atoms with van der Waals surface area (Å²) >= 11 is 0. The van der Waals surface area contributed by atoms with Crippen LogP contribution >= 0.6 is 0 Å². The molecule has 0 atom stereocenters. The van der Waals surface area contributed by atoms with E-state index in [4.69, 9.17) is 0 Å². The summed E-state index contributed by atoms with van der Waals surface area (Å²) in [6.07, 6.45) is 0. The van der Waals surface area contributed by atoms with E-state index in [2.05, 4.69) is 115 Å². The van der Waals surface area contributed by atoms with Crippen LogP contribution in [0.3, 0.4) is 0 Å². The fourth-order valence-corrected chi connectivity index (χ4v) is 7.17. The SMILES string of the molecule is O=C(O)c1cccc(-c2ccc3ccc4cccc5ccc2c3c45)c1-c1ccc2ccc3cccc4ccc1c2c34. The molecule has 0 aliphatic carbocycles. The number of carbonyl (C=O) groups is 1. The van der Waals surface area contributed by atoms with Crippen LogP contribution in [0.4, 0.5) is 0 Å². The van der Waals surface area contributed by atoms with E-state index in [1.165, 1.54) is 48.5 Å². The van der Waals surface area contributed by atoms with Gasteiger partial charge < -0.3 is 5.11 Å². The van der Waals surface area contributed by atoms with Crippen LogP contribution in [-0.4, -0.2) is 11.1 Å². The molecule has 0 aliphatic heterocycles. The summed E-state index contributed by atoms with van der Waals surface area (Å²) in [7, 11) is 0. The highest BCUT2D eigenvalue weighted by Gasteiger charge is 2.22. The van der Waals surface area contributed by atoms with Gasteiger partial charge in [-0.25, -0.2) is 4.79 Å². The maximum absolute atomic E-state index is 12.8. The molecule has 0 heterocycles. The first-order valence-corrected chi connectivity index (χ1v) is 13.9. The van der Waals surface area contributed by atoms with E-state index >= 15 is 0 Å². The van der Waals surface area contributed by atoms with Gasteiger partial charge >= 0.3 is 5.97 Å². The van der Waals surface area contributed by atoms with E-state index in [-0.39, 0.29) is 0 Å². The quantitative estimate of drug-likeness (QED) is 0.234. The Morgan fingerprint density at radius 1 is 0.390 bits per heavy atom. The van der Waals surface area contributed by atoms with E-state index in [9.17, 15) is 9.90 Å². The van der Waals surface area contributed by atoms with Crippen molar-refractivity contribution in [2.75, 3.05) is 0 Å². The van der Waals surface area contributed by atoms with Gasteiger partial charge in [0.05, 0.1) is 5.56 Å². The van der Waals surface area contributed by atoms with Crippen LogP contribution < -0.4 is 0 Å². The van der Waals surface area contributed by atoms with Crippen molar-refractivity contribution in [2.45, 2.75) is 0 Å². The summed E-state index contributed by atoms with van der Waals surface area (Å²) in [4.78, 5) is 12.8. The molecule has 0 fully saturated rings. The number of hydrogen-bond acceptors (Lipinski definition) is 1. The van der Waals surface area contributed by atoms with Crippen LogP contribution in [0.15, 0.2) is 127 Å². The molecule has 0 spiro atoms. The average molecular weight is 523 g/mol. The Hall–Kier alpha value is -5.47. The third-order valence-corrected chi connectivity index (χ3v) is 8.91. The number of aromatic carboxylic acids is 1. The molecule has 0 saturated carbocycles. The van der Waals surface area contributed by atoms with Gasteiger partial charge in [-0.3, -0.25) is 0 Å². The van der Waals surface area contributed by atoms with Gasteiger partial charge in [0.1, 0.15) is 0 Å². The molecule has 2 heteroatoms. The lowest BCUT2D eigenvalue weighted by Crippen LogP contribution is -2.02. The summed E-state index contributed by atoms with van der Waals surface area (Å²) in [5.74, 6) is -0.926. The molecule has 0 radical (unpaired) electrons. The maximum atomic E-state index is 12.8. The van der Waals surface area contributed by atoms with Crippen molar-refractivity contribution < 1.29 is 9.90 Å². The van der Waals surface area contributed by atoms with Crippen LogP contribution in [-0.2, 0) is 0 Å². The topological polar surface area (TPSA) is 37.3 Å². The smallest absolute Gasteiger partial charge is 0.336 e. The first kappa shape index (κ1) is 22.4. The molecule has 0 bridgehead atoms. The Balaban J connectivity index is 1.43. The van der Waals surface area contributed by atoms with Gasteiger partial charge in [-0.1, -0.05) is 121 Å². The van der Waals surface area contributed by atoms with Crippen molar-refractivity contribution in [3.8, 4) is 22.3 Å². The minimum Gasteiger partial charge on any atom is -0.478 e. The van der Waals surface area contributed by atoms with Gasteiger partial charge in [-0.05, 0) is 87.4 Å². The summed E-state index contributed by atoms with van der Waals surface area (Å²) in [5, 5.41) is 24.7. The van der Waals surface area contributed by atoms with E-state index in [1.54, 1.807) is 6.07 Å². The second kappa shape index (κ2) is 8.03. The lowest BCUT2D eigenvalue weighted by atomic mass is 9.83. The Kier molecular flexibility index (Phi) is 4.38. The molecule has 0 aromatic heterocycles. The number of carboxylic acids is 1. The molecule has 0 amide bonds.